The Kier molecular flexibility index (Phi) is 5.80. The van der Waals surface area contributed by atoms with Crippen LogP contribution in [0.25, 0.3) is 0 Å². The van der Waals surface area contributed by atoms with Crippen molar-refractivity contribution in [3.8, 4) is 0 Å². The highest BCUT2D eigenvalue weighted by Gasteiger charge is 2.18. The lowest BCUT2D eigenvalue weighted by Crippen LogP contribution is -2.24. The molecule has 0 aliphatic carbocycles. The molecule has 0 radical (unpaired) electrons. The SMILES string of the molecule is CCCNc1ccccc1S(=O)(=O)NCc1sccc1Br. The van der Waals surface area contributed by atoms with Crippen LogP contribution in [0.3, 0.4) is 0 Å². The van der Waals surface area contributed by atoms with Gasteiger partial charge in [-0.25, -0.2) is 13.1 Å². The van der Waals surface area contributed by atoms with Gasteiger partial charge in [-0.3, -0.25) is 0 Å². The molecule has 7 heteroatoms. The van der Waals surface area contributed by atoms with Crippen molar-refractivity contribution in [2.45, 2.75) is 24.8 Å². The summed E-state index contributed by atoms with van der Waals surface area (Å²) in [4.78, 5) is 1.24. The Morgan fingerprint density at radius 1 is 1.24 bits per heavy atom. The molecule has 1 heterocycles. The molecule has 1 aromatic heterocycles. The molecule has 0 saturated heterocycles. The lowest BCUT2D eigenvalue weighted by Gasteiger charge is -2.12. The molecule has 0 aliphatic rings. The number of sulfonamides is 1. The summed E-state index contributed by atoms with van der Waals surface area (Å²) >= 11 is 4.92. The Morgan fingerprint density at radius 3 is 2.67 bits per heavy atom. The van der Waals surface area contributed by atoms with Gasteiger partial charge in [0.1, 0.15) is 4.90 Å². The van der Waals surface area contributed by atoms with E-state index in [0.717, 1.165) is 22.3 Å². The minimum Gasteiger partial charge on any atom is -0.384 e. The summed E-state index contributed by atoms with van der Waals surface area (Å²) in [6.07, 6.45) is 0.934. The van der Waals surface area contributed by atoms with Gasteiger partial charge in [0.25, 0.3) is 0 Å². The number of para-hydroxylation sites is 1. The van der Waals surface area contributed by atoms with E-state index in [1.54, 1.807) is 18.2 Å². The lowest BCUT2D eigenvalue weighted by atomic mass is 10.3. The molecule has 2 rings (SSSR count). The second kappa shape index (κ2) is 7.40. The van der Waals surface area contributed by atoms with Crippen molar-refractivity contribution in [2.75, 3.05) is 11.9 Å². The fraction of sp³-hybridized carbons (Fsp3) is 0.286. The molecule has 4 nitrogen and oxygen atoms in total. The number of rotatable bonds is 7. The van der Waals surface area contributed by atoms with Gasteiger partial charge in [0.2, 0.25) is 10.0 Å². The summed E-state index contributed by atoms with van der Waals surface area (Å²) in [7, 11) is -3.54. The second-order valence-corrected chi connectivity index (χ2v) is 8.03. The zero-order valence-corrected chi connectivity index (χ0v) is 14.8. The van der Waals surface area contributed by atoms with E-state index in [9.17, 15) is 8.42 Å². The first-order chi connectivity index (χ1) is 10.0. The molecule has 0 aliphatic heterocycles. The van der Waals surface area contributed by atoms with Crippen LogP contribution < -0.4 is 10.0 Å². The molecule has 2 N–H and O–H groups in total. The van der Waals surface area contributed by atoms with E-state index in [1.807, 2.05) is 24.4 Å². The van der Waals surface area contributed by atoms with Gasteiger partial charge in [-0.1, -0.05) is 19.1 Å². The third-order valence-corrected chi connectivity index (χ3v) is 6.24. The number of thiophene rings is 1. The second-order valence-electron chi connectivity index (χ2n) is 4.44. The van der Waals surface area contributed by atoms with Gasteiger partial charge in [-0.15, -0.1) is 11.3 Å². The predicted molar refractivity (Wildman–Crippen MR) is 91.3 cm³/mol. The molecule has 2 aromatic rings. The number of anilines is 1. The number of nitrogens with one attached hydrogen (secondary N) is 2. The molecule has 0 saturated carbocycles. The van der Waals surface area contributed by atoms with E-state index in [-0.39, 0.29) is 11.4 Å². The van der Waals surface area contributed by atoms with E-state index < -0.39 is 10.0 Å². The number of hydrogen-bond acceptors (Lipinski definition) is 4. The monoisotopic (exact) mass is 388 g/mol. The average molecular weight is 389 g/mol. The van der Waals surface area contributed by atoms with Gasteiger partial charge in [-0.2, -0.15) is 0 Å². The van der Waals surface area contributed by atoms with E-state index in [4.69, 9.17) is 0 Å². The standard InChI is InChI=1S/C14H17BrN2O2S2/c1-2-8-16-12-5-3-4-6-14(12)21(18,19)17-10-13-11(15)7-9-20-13/h3-7,9,16-17H,2,8,10H2,1H3. The van der Waals surface area contributed by atoms with Crippen molar-refractivity contribution >= 4 is 43.0 Å². The smallest absolute Gasteiger partial charge is 0.242 e. The zero-order valence-electron chi connectivity index (χ0n) is 11.6. The minimum atomic E-state index is -3.54. The zero-order chi connectivity index (χ0) is 15.3. The van der Waals surface area contributed by atoms with Crippen molar-refractivity contribution in [1.82, 2.24) is 4.72 Å². The van der Waals surface area contributed by atoms with Crippen molar-refractivity contribution in [2.24, 2.45) is 0 Å². The molecule has 0 atom stereocenters. The number of halogens is 1. The fourth-order valence-electron chi connectivity index (χ4n) is 1.80. The maximum Gasteiger partial charge on any atom is 0.242 e. The molecule has 0 bridgehead atoms. The summed E-state index contributed by atoms with van der Waals surface area (Å²) in [5, 5.41) is 5.07. The highest BCUT2D eigenvalue weighted by atomic mass is 79.9. The average Bonchev–Trinajstić information content (AvgIpc) is 2.89. The summed E-state index contributed by atoms with van der Waals surface area (Å²) in [5.74, 6) is 0. The molecular formula is C14H17BrN2O2S2. The highest BCUT2D eigenvalue weighted by molar-refractivity contribution is 9.10. The quantitative estimate of drug-likeness (QED) is 0.757. The van der Waals surface area contributed by atoms with Gasteiger partial charge in [0.15, 0.2) is 0 Å². The van der Waals surface area contributed by atoms with Crippen molar-refractivity contribution in [1.29, 1.82) is 0 Å². The number of hydrogen-bond donors (Lipinski definition) is 2. The highest BCUT2D eigenvalue weighted by Crippen LogP contribution is 2.24. The molecule has 0 unspecified atom stereocenters. The van der Waals surface area contributed by atoms with Crippen molar-refractivity contribution < 1.29 is 8.42 Å². The first-order valence-corrected chi connectivity index (χ1v) is 9.74. The van der Waals surface area contributed by atoms with Crippen molar-refractivity contribution in [3.05, 3.63) is 45.1 Å². The van der Waals surface area contributed by atoms with Crippen LogP contribution in [0.1, 0.15) is 18.2 Å². The Balaban J connectivity index is 2.17. The molecule has 0 amide bonds. The summed E-state index contributed by atoms with van der Waals surface area (Å²) in [6.45, 7) is 3.06. The third kappa shape index (κ3) is 4.29. The predicted octanol–water partition coefficient (Wildman–Crippen LogP) is 3.81. The van der Waals surface area contributed by atoms with Crippen LogP contribution in [0.4, 0.5) is 5.69 Å². The molecule has 114 valence electrons. The van der Waals surface area contributed by atoms with E-state index >= 15 is 0 Å². The molecule has 0 fully saturated rings. The Morgan fingerprint density at radius 2 is 2.00 bits per heavy atom. The van der Waals surface area contributed by atoms with E-state index in [1.165, 1.54) is 11.3 Å². The minimum absolute atomic E-state index is 0.280. The van der Waals surface area contributed by atoms with Crippen molar-refractivity contribution in [3.63, 3.8) is 0 Å². The maximum atomic E-state index is 12.5. The van der Waals surface area contributed by atoms with Crippen LogP contribution in [-0.4, -0.2) is 15.0 Å². The van der Waals surface area contributed by atoms with E-state index in [2.05, 4.69) is 26.0 Å². The van der Waals surface area contributed by atoms with Crippen LogP contribution in [0.5, 0.6) is 0 Å². The summed E-state index contributed by atoms with van der Waals surface area (Å²) in [5.41, 5.74) is 0.636. The van der Waals surface area contributed by atoms with Crippen LogP contribution in [0, 0.1) is 0 Å². The van der Waals surface area contributed by atoms with Gasteiger partial charge in [0.05, 0.1) is 5.69 Å². The maximum absolute atomic E-state index is 12.5. The number of benzene rings is 1. The van der Waals surface area contributed by atoms with Gasteiger partial charge >= 0.3 is 0 Å². The normalized spacial score (nSPS) is 11.5. The molecule has 1 aromatic carbocycles. The molecular weight excluding hydrogens is 372 g/mol. The van der Waals surface area contributed by atoms with Gasteiger partial charge < -0.3 is 5.32 Å². The summed E-state index contributed by atoms with van der Waals surface area (Å²) < 4.78 is 28.5. The largest absolute Gasteiger partial charge is 0.384 e. The Bertz CT molecular complexity index is 699. The molecule has 21 heavy (non-hydrogen) atoms. The first-order valence-electron chi connectivity index (χ1n) is 6.59. The van der Waals surface area contributed by atoms with Gasteiger partial charge in [-0.05, 0) is 45.9 Å². The first kappa shape index (κ1) is 16.5. The van der Waals surface area contributed by atoms with Crippen LogP contribution in [-0.2, 0) is 16.6 Å². The van der Waals surface area contributed by atoms with Crippen LogP contribution in [0.15, 0.2) is 45.1 Å². The molecule has 0 spiro atoms. The topological polar surface area (TPSA) is 58.2 Å². The third-order valence-electron chi connectivity index (χ3n) is 2.86. The Hall–Kier alpha value is -0.890. The fourth-order valence-corrected chi connectivity index (χ4v) is 4.50. The van der Waals surface area contributed by atoms with Crippen LogP contribution >= 0.6 is 27.3 Å². The Labute approximate surface area is 137 Å². The van der Waals surface area contributed by atoms with Gasteiger partial charge in [0, 0.05) is 22.4 Å². The lowest BCUT2D eigenvalue weighted by molar-refractivity contribution is 0.582. The van der Waals surface area contributed by atoms with Crippen LogP contribution in [0.2, 0.25) is 0 Å². The van der Waals surface area contributed by atoms with E-state index in [0.29, 0.717) is 5.69 Å². The summed E-state index contributed by atoms with van der Waals surface area (Å²) in [6, 6.07) is 8.86.